The van der Waals surface area contributed by atoms with E-state index < -0.39 is 5.69 Å². The molecule has 0 aliphatic carbocycles. The largest absolute Gasteiger partial charge is 0.353 e. The lowest BCUT2D eigenvalue weighted by atomic mass is 10.0. The van der Waals surface area contributed by atoms with E-state index in [1.54, 1.807) is 0 Å². The number of hydrogen-bond acceptors (Lipinski definition) is 4. The zero-order valence-electron chi connectivity index (χ0n) is 14.2. The predicted octanol–water partition coefficient (Wildman–Crippen LogP) is -0.341. The summed E-state index contributed by atoms with van der Waals surface area (Å²) in [5.41, 5.74) is 0.943. The number of amides is 1. The normalized spacial score (nSPS) is 18.1. The van der Waals surface area contributed by atoms with Gasteiger partial charge in [-0.2, -0.15) is 0 Å². The maximum atomic E-state index is 12.3. The molecule has 2 aromatic rings. The van der Waals surface area contributed by atoms with Gasteiger partial charge >= 0.3 is 5.69 Å². The molecule has 1 saturated heterocycles. The van der Waals surface area contributed by atoms with Crippen molar-refractivity contribution in [3.05, 3.63) is 68.5 Å². The van der Waals surface area contributed by atoms with Gasteiger partial charge in [-0.15, -0.1) is 0 Å². The maximum absolute atomic E-state index is 12.3. The van der Waals surface area contributed by atoms with Crippen LogP contribution in [0.2, 0.25) is 0 Å². The number of piperazine rings is 1. The minimum absolute atomic E-state index is 0.0180. The van der Waals surface area contributed by atoms with E-state index in [1.807, 2.05) is 30.3 Å². The van der Waals surface area contributed by atoms with Crippen molar-refractivity contribution >= 4 is 5.91 Å². The zero-order valence-corrected chi connectivity index (χ0v) is 14.2. The molecule has 2 N–H and O–H groups in total. The molecule has 1 atom stereocenters. The molecule has 1 aliphatic heterocycles. The lowest BCUT2D eigenvalue weighted by molar-refractivity contribution is -0.128. The smallest absolute Gasteiger partial charge is 0.328 e. The van der Waals surface area contributed by atoms with Crippen LogP contribution in [0, 0.1) is 0 Å². The Balaban J connectivity index is 1.73. The van der Waals surface area contributed by atoms with Gasteiger partial charge in [0.1, 0.15) is 0 Å². The van der Waals surface area contributed by atoms with E-state index in [-0.39, 0.29) is 17.5 Å². The molecular weight excluding hydrogens is 320 g/mol. The van der Waals surface area contributed by atoms with Crippen molar-refractivity contribution in [3.63, 3.8) is 0 Å². The molecule has 1 fully saturated rings. The highest BCUT2D eigenvalue weighted by Gasteiger charge is 2.29. The Bertz CT molecular complexity index is 857. The van der Waals surface area contributed by atoms with Crippen LogP contribution in [0.15, 0.2) is 46.1 Å². The molecule has 0 bridgehead atoms. The second-order valence-electron chi connectivity index (χ2n) is 6.27. The number of carbonyl (C=O) groups excluding carboxylic acids is 1. The van der Waals surface area contributed by atoms with Crippen LogP contribution in [0.4, 0.5) is 0 Å². The average molecular weight is 342 g/mol. The Hall–Kier alpha value is -2.67. The molecule has 1 amide bonds. The molecule has 0 radical (unpaired) electrons. The zero-order chi connectivity index (χ0) is 17.8. The van der Waals surface area contributed by atoms with Crippen LogP contribution in [0.5, 0.6) is 0 Å². The molecule has 0 saturated carbocycles. The molecule has 0 spiro atoms. The standard InChI is InChI=1S/C18H22N4O3/c1-21-17(24)14(12-20-18(21)25)7-9-22-10-8-19-16(23)15(22)11-13-5-3-2-4-6-13/h2-6,12,15H,7-11H2,1H3,(H,19,23)(H,20,25)/t15-/m1/s1. The fraction of sp³-hybridized carbons (Fsp3) is 0.389. The summed E-state index contributed by atoms with van der Waals surface area (Å²) in [6, 6.07) is 9.65. The van der Waals surface area contributed by atoms with Gasteiger partial charge in [0.05, 0.1) is 6.04 Å². The Morgan fingerprint density at radius 1 is 1.16 bits per heavy atom. The first-order valence-corrected chi connectivity index (χ1v) is 8.39. The Labute approximate surface area is 145 Å². The number of nitrogens with one attached hydrogen (secondary N) is 2. The molecule has 132 valence electrons. The molecule has 1 aromatic carbocycles. The first-order valence-electron chi connectivity index (χ1n) is 8.39. The van der Waals surface area contributed by atoms with Gasteiger partial charge in [0.15, 0.2) is 0 Å². The third-order valence-corrected chi connectivity index (χ3v) is 4.64. The Morgan fingerprint density at radius 3 is 2.68 bits per heavy atom. The van der Waals surface area contributed by atoms with Crippen LogP contribution < -0.4 is 16.6 Å². The van der Waals surface area contributed by atoms with E-state index in [1.165, 1.54) is 13.2 Å². The monoisotopic (exact) mass is 342 g/mol. The van der Waals surface area contributed by atoms with Crippen LogP contribution >= 0.6 is 0 Å². The van der Waals surface area contributed by atoms with E-state index in [0.29, 0.717) is 31.5 Å². The van der Waals surface area contributed by atoms with Crippen LogP contribution in [-0.2, 0) is 24.7 Å². The lowest BCUT2D eigenvalue weighted by Gasteiger charge is -2.35. The molecule has 7 nitrogen and oxygen atoms in total. The molecule has 3 rings (SSSR count). The van der Waals surface area contributed by atoms with Crippen LogP contribution in [-0.4, -0.2) is 46.0 Å². The van der Waals surface area contributed by atoms with Crippen LogP contribution in [0.3, 0.4) is 0 Å². The SMILES string of the molecule is Cn1c(=O)[nH]cc(CCN2CCNC(=O)[C@H]2Cc2ccccc2)c1=O. The summed E-state index contributed by atoms with van der Waals surface area (Å²) < 4.78 is 1.07. The van der Waals surface area contributed by atoms with Crippen molar-refractivity contribution in [2.75, 3.05) is 19.6 Å². The minimum Gasteiger partial charge on any atom is -0.353 e. The second kappa shape index (κ2) is 7.48. The molecule has 7 heteroatoms. The van der Waals surface area contributed by atoms with Gasteiger partial charge in [0, 0.05) is 38.4 Å². The van der Waals surface area contributed by atoms with Gasteiger partial charge in [0.2, 0.25) is 5.91 Å². The summed E-state index contributed by atoms with van der Waals surface area (Å²) >= 11 is 0. The van der Waals surface area contributed by atoms with Crippen LogP contribution in [0.25, 0.3) is 0 Å². The molecule has 1 aliphatic rings. The highest BCUT2D eigenvalue weighted by Crippen LogP contribution is 2.12. The lowest BCUT2D eigenvalue weighted by Crippen LogP contribution is -2.56. The van der Waals surface area contributed by atoms with Gasteiger partial charge in [-0.1, -0.05) is 30.3 Å². The number of benzene rings is 1. The first-order chi connectivity index (χ1) is 12.1. The maximum Gasteiger partial charge on any atom is 0.328 e. The van der Waals surface area contributed by atoms with Crippen molar-refractivity contribution in [1.29, 1.82) is 0 Å². The summed E-state index contributed by atoms with van der Waals surface area (Å²) in [5, 5.41) is 2.91. The Kier molecular flexibility index (Phi) is 5.14. The molecular formula is C18H22N4O3. The summed E-state index contributed by atoms with van der Waals surface area (Å²) in [7, 11) is 1.46. The van der Waals surface area contributed by atoms with Crippen molar-refractivity contribution in [2.24, 2.45) is 7.05 Å². The summed E-state index contributed by atoms with van der Waals surface area (Å²) in [4.78, 5) is 40.6. The van der Waals surface area contributed by atoms with E-state index in [0.717, 1.165) is 16.7 Å². The van der Waals surface area contributed by atoms with E-state index in [2.05, 4.69) is 15.2 Å². The minimum atomic E-state index is -0.423. The van der Waals surface area contributed by atoms with Gasteiger partial charge in [-0.3, -0.25) is 19.1 Å². The summed E-state index contributed by atoms with van der Waals surface area (Å²) in [6.07, 6.45) is 2.60. The molecule has 0 unspecified atom stereocenters. The number of rotatable bonds is 5. The summed E-state index contributed by atoms with van der Waals surface area (Å²) in [5.74, 6) is 0.0180. The van der Waals surface area contributed by atoms with Crippen molar-refractivity contribution in [3.8, 4) is 0 Å². The second-order valence-corrected chi connectivity index (χ2v) is 6.27. The highest BCUT2D eigenvalue weighted by molar-refractivity contribution is 5.82. The third-order valence-electron chi connectivity index (χ3n) is 4.64. The fourth-order valence-corrected chi connectivity index (χ4v) is 3.15. The van der Waals surface area contributed by atoms with Gasteiger partial charge in [0.25, 0.3) is 5.56 Å². The number of carbonyl (C=O) groups is 1. The van der Waals surface area contributed by atoms with E-state index in [9.17, 15) is 14.4 Å². The topological polar surface area (TPSA) is 87.2 Å². The van der Waals surface area contributed by atoms with Crippen molar-refractivity contribution in [2.45, 2.75) is 18.9 Å². The van der Waals surface area contributed by atoms with Crippen molar-refractivity contribution < 1.29 is 4.79 Å². The van der Waals surface area contributed by atoms with Gasteiger partial charge < -0.3 is 10.3 Å². The molecule has 25 heavy (non-hydrogen) atoms. The predicted molar refractivity (Wildman–Crippen MR) is 94.5 cm³/mol. The number of aromatic amines is 1. The quantitative estimate of drug-likeness (QED) is 0.778. The number of aromatic nitrogens is 2. The van der Waals surface area contributed by atoms with Gasteiger partial charge in [-0.05, 0) is 18.4 Å². The number of H-pyrrole nitrogens is 1. The van der Waals surface area contributed by atoms with E-state index in [4.69, 9.17) is 0 Å². The number of nitrogens with zero attached hydrogens (tertiary/aromatic N) is 2. The molecule has 1 aromatic heterocycles. The van der Waals surface area contributed by atoms with E-state index >= 15 is 0 Å². The highest BCUT2D eigenvalue weighted by atomic mass is 16.2. The average Bonchev–Trinajstić information content (AvgIpc) is 2.62. The van der Waals surface area contributed by atoms with Crippen LogP contribution in [0.1, 0.15) is 11.1 Å². The molecule has 2 heterocycles. The first kappa shape index (κ1) is 17.2. The summed E-state index contributed by atoms with van der Waals surface area (Å²) in [6.45, 7) is 1.94. The number of hydrogen-bond donors (Lipinski definition) is 2. The van der Waals surface area contributed by atoms with Gasteiger partial charge in [-0.25, -0.2) is 4.79 Å². The third kappa shape index (κ3) is 3.88. The fourth-order valence-electron chi connectivity index (χ4n) is 3.15. The Morgan fingerprint density at radius 2 is 1.92 bits per heavy atom. The van der Waals surface area contributed by atoms with Crippen molar-refractivity contribution in [1.82, 2.24) is 19.8 Å².